The summed E-state index contributed by atoms with van der Waals surface area (Å²) >= 11 is 1.52. The summed E-state index contributed by atoms with van der Waals surface area (Å²) in [4.78, 5) is 41.3. The van der Waals surface area contributed by atoms with Crippen LogP contribution in [0.3, 0.4) is 0 Å². The summed E-state index contributed by atoms with van der Waals surface area (Å²) < 4.78 is 0. The Balaban J connectivity index is 1.36. The number of rotatable bonds is 3. The van der Waals surface area contributed by atoms with Crippen molar-refractivity contribution in [1.29, 1.82) is 0 Å². The number of benzene rings is 1. The molecule has 2 heterocycles. The van der Waals surface area contributed by atoms with E-state index in [2.05, 4.69) is 5.32 Å². The smallest absolute Gasteiger partial charge is 0.234 e. The van der Waals surface area contributed by atoms with Crippen molar-refractivity contribution in [3.05, 3.63) is 23.8 Å². The van der Waals surface area contributed by atoms with Crippen LogP contribution in [0.15, 0.2) is 23.1 Å². The van der Waals surface area contributed by atoms with Crippen molar-refractivity contribution < 1.29 is 14.4 Å². The molecule has 138 valence electrons. The third-order valence-corrected chi connectivity index (χ3v) is 6.19. The number of carbonyl (C=O) groups excluding carboxylic acids is 3. The molecule has 1 N–H and O–H groups in total. The summed E-state index contributed by atoms with van der Waals surface area (Å²) in [7, 11) is 0. The van der Waals surface area contributed by atoms with Gasteiger partial charge in [-0.1, -0.05) is 6.07 Å². The fourth-order valence-electron chi connectivity index (χ4n) is 3.50. The minimum Gasteiger partial charge on any atom is -0.341 e. The molecule has 3 amide bonds. The molecule has 26 heavy (non-hydrogen) atoms. The second-order valence-corrected chi connectivity index (χ2v) is 8.20. The van der Waals surface area contributed by atoms with Crippen LogP contribution in [0.2, 0.25) is 0 Å². The van der Waals surface area contributed by atoms with Crippen LogP contribution in [0.5, 0.6) is 0 Å². The minimum atomic E-state index is -0.00100. The predicted octanol–water partition coefficient (Wildman–Crippen LogP) is 1.74. The number of hydrogen-bond acceptors (Lipinski definition) is 4. The average Bonchev–Trinajstić information content (AvgIpc) is 3.47. The van der Waals surface area contributed by atoms with Crippen LogP contribution in [0.4, 0.5) is 5.69 Å². The van der Waals surface area contributed by atoms with Gasteiger partial charge in [-0.15, -0.1) is 11.8 Å². The van der Waals surface area contributed by atoms with Gasteiger partial charge in [-0.25, -0.2) is 0 Å². The van der Waals surface area contributed by atoms with Crippen molar-refractivity contribution in [2.24, 2.45) is 5.92 Å². The number of carbonyl (C=O) groups is 3. The van der Waals surface area contributed by atoms with Crippen LogP contribution in [0.25, 0.3) is 0 Å². The Morgan fingerprint density at radius 1 is 1.12 bits per heavy atom. The van der Waals surface area contributed by atoms with E-state index in [0.29, 0.717) is 31.8 Å². The van der Waals surface area contributed by atoms with Gasteiger partial charge in [0.1, 0.15) is 0 Å². The zero-order valence-electron chi connectivity index (χ0n) is 14.7. The molecular formula is C19H23N3O3S. The van der Waals surface area contributed by atoms with E-state index in [-0.39, 0.29) is 23.6 Å². The fourth-order valence-corrected chi connectivity index (χ4v) is 4.29. The molecule has 1 saturated carbocycles. The van der Waals surface area contributed by atoms with Gasteiger partial charge in [-0.2, -0.15) is 0 Å². The lowest BCUT2D eigenvalue weighted by Crippen LogP contribution is -2.38. The van der Waals surface area contributed by atoms with Crippen molar-refractivity contribution in [2.75, 3.05) is 37.2 Å². The molecule has 0 aromatic heterocycles. The van der Waals surface area contributed by atoms with Crippen LogP contribution in [0, 0.1) is 5.92 Å². The van der Waals surface area contributed by atoms with E-state index in [9.17, 15) is 14.4 Å². The van der Waals surface area contributed by atoms with Crippen LogP contribution in [0.1, 0.15) is 24.8 Å². The third kappa shape index (κ3) is 3.87. The topological polar surface area (TPSA) is 69.7 Å². The lowest BCUT2D eigenvalue weighted by atomic mass is 10.1. The second kappa shape index (κ2) is 7.31. The number of nitrogens with one attached hydrogen (secondary N) is 1. The Kier molecular flexibility index (Phi) is 4.89. The zero-order chi connectivity index (χ0) is 18.1. The lowest BCUT2D eigenvalue weighted by molar-refractivity contribution is -0.134. The number of hydrogen-bond donors (Lipinski definition) is 1. The Morgan fingerprint density at radius 3 is 2.69 bits per heavy atom. The first-order valence-corrected chi connectivity index (χ1v) is 10.2. The zero-order valence-corrected chi connectivity index (χ0v) is 15.5. The van der Waals surface area contributed by atoms with Crippen molar-refractivity contribution in [3.63, 3.8) is 0 Å². The lowest BCUT2D eigenvalue weighted by Gasteiger charge is -2.23. The van der Waals surface area contributed by atoms with Crippen LogP contribution >= 0.6 is 11.8 Å². The number of nitrogens with zero attached hydrogens (tertiary/aromatic N) is 2. The van der Waals surface area contributed by atoms with E-state index in [1.165, 1.54) is 11.8 Å². The first kappa shape index (κ1) is 17.4. The van der Waals surface area contributed by atoms with Gasteiger partial charge < -0.3 is 15.1 Å². The molecule has 0 spiro atoms. The monoisotopic (exact) mass is 373 g/mol. The summed E-state index contributed by atoms with van der Waals surface area (Å²) in [5.74, 6) is 1.03. The highest BCUT2D eigenvalue weighted by atomic mass is 32.2. The SMILES string of the molecule is O=C1CSc2ccc(CC(=O)N3CCCN(C(=O)C4CC4)CC3)cc2N1. The van der Waals surface area contributed by atoms with Crippen LogP contribution in [-0.2, 0) is 20.8 Å². The number of amides is 3. The Hall–Kier alpha value is -2.02. The highest BCUT2D eigenvalue weighted by Crippen LogP contribution is 2.32. The number of fused-ring (bicyclic) bond motifs is 1. The third-order valence-electron chi connectivity index (χ3n) is 5.12. The van der Waals surface area contributed by atoms with Crippen molar-refractivity contribution >= 4 is 35.2 Å². The predicted molar refractivity (Wildman–Crippen MR) is 100 cm³/mol. The summed E-state index contributed by atoms with van der Waals surface area (Å²) in [6.45, 7) is 2.69. The molecule has 0 bridgehead atoms. The minimum absolute atomic E-state index is 0.00100. The fraction of sp³-hybridized carbons (Fsp3) is 0.526. The van der Waals surface area contributed by atoms with Gasteiger partial charge in [0, 0.05) is 37.0 Å². The quantitative estimate of drug-likeness (QED) is 0.876. The largest absolute Gasteiger partial charge is 0.341 e. The van der Waals surface area contributed by atoms with E-state index in [0.717, 1.165) is 42.0 Å². The molecule has 4 rings (SSSR count). The standard InChI is InChI=1S/C19H23N3O3S/c23-17-12-26-16-5-2-13(10-15(16)20-17)11-18(24)21-6-1-7-22(9-8-21)19(25)14-3-4-14/h2,5,10,14H,1,3-4,6-9,11-12H2,(H,20,23). The highest BCUT2D eigenvalue weighted by Gasteiger charge is 2.34. The number of anilines is 1. The molecule has 2 aliphatic heterocycles. The van der Waals surface area contributed by atoms with Crippen molar-refractivity contribution in [3.8, 4) is 0 Å². The molecule has 7 heteroatoms. The Labute approximate surface area is 157 Å². The summed E-state index contributed by atoms with van der Waals surface area (Å²) in [5.41, 5.74) is 1.71. The average molecular weight is 373 g/mol. The Morgan fingerprint density at radius 2 is 1.88 bits per heavy atom. The van der Waals surface area contributed by atoms with E-state index in [1.807, 2.05) is 28.0 Å². The molecular weight excluding hydrogens is 350 g/mol. The first-order chi connectivity index (χ1) is 12.6. The van der Waals surface area contributed by atoms with Gasteiger partial charge in [0.15, 0.2) is 0 Å². The van der Waals surface area contributed by atoms with Crippen molar-refractivity contribution in [1.82, 2.24) is 9.80 Å². The molecule has 1 aromatic carbocycles. The molecule has 6 nitrogen and oxygen atoms in total. The summed E-state index contributed by atoms with van der Waals surface area (Å²) in [6, 6.07) is 5.83. The van der Waals surface area contributed by atoms with Gasteiger partial charge in [-0.05, 0) is 37.0 Å². The van der Waals surface area contributed by atoms with Gasteiger partial charge in [0.2, 0.25) is 17.7 Å². The van der Waals surface area contributed by atoms with Gasteiger partial charge in [0.25, 0.3) is 0 Å². The van der Waals surface area contributed by atoms with Gasteiger partial charge >= 0.3 is 0 Å². The molecule has 0 radical (unpaired) electrons. The maximum atomic E-state index is 12.7. The van der Waals surface area contributed by atoms with E-state index < -0.39 is 0 Å². The molecule has 1 aliphatic carbocycles. The highest BCUT2D eigenvalue weighted by molar-refractivity contribution is 8.00. The summed E-state index contributed by atoms with van der Waals surface area (Å²) in [6.07, 6.45) is 3.20. The molecule has 2 fully saturated rings. The molecule has 0 atom stereocenters. The molecule has 3 aliphatic rings. The summed E-state index contributed by atoms with van der Waals surface area (Å²) in [5, 5.41) is 2.87. The first-order valence-electron chi connectivity index (χ1n) is 9.22. The molecule has 1 saturated heterocycles. The van der Waals surface area contributed by atoms with E-state index in [1.54, 1.807) is 0 Å². The van der Waals surface area contributed by atoms with E-state index in [4.69, 9.17) is 0 Å². The number of thioether (sulfide) groups is 1. The second-order valence-electron chi connectivity index (χ2n) is 7.18. The van der Waals surface area contributed by atoms with Crippen LogP contribution in [-0.4, -0.2) is 59.5 Å². The van der Waals surface area contributed by atoms with E-state index >= 15 is 0 Å². The van der Waals surface area contributed by atoms with Crippen molar-refractivity contribution in [2.45, 2.75) is 30.6 Å². The maximum Gasteiger partial charge on any atom is 0.234 e. The maximum absolute atomic E-state index is 12.7. The van der Waals surface area contributed by atoms with Gasteiger partial charge in [-0.3, -0.25) is 14.4 Å². The Bertz CT molecular complexity index is 748. The van der Waals surface area contributed by atoms with Crippen LogP contribution < -0.4 is 5.32 Å². The van der Waals surface area contributed by atoms with Gasteiger partial charge in [0.05, 0.1) is 17.9 Å². The molecule has 0 unspecified atom stereocenters. The normalized spacial score (nSPS) is 20.2. The molecule has 1 aromatic rings.